The lowest BCUT2D eigenvalue weighted by Gasteiger charge is -1.42. The number of rotatable bonds is 0. The zero-order valence-electron chi connectivity index (χ0n) is 2.02. The van der Waals surface area contributed by atoms with E-state index >= 15 is 0 Å². The van der Waals surface area contributed by atoms with E-state index in [4.69, 9.17) is 12.0 Å². The van der Waals surface area contributed by atoms with Crippen molar-refractivity contribution in [2.75, 3.05) is 0 Å². The predicted octanol–water partition coefficient (Wildman–Crippen LogP) is 0.513. The quantitative estimate of drug-likeness (QED) is 0.237. The highest BCUT2D eigenvalue weighted by atomic mass is 14.7. The summed E-state index contributed by atoms with van der Waals surface area (Å²) in [7, 11) is 0. The van der Waals surface area contributed by atoms with E-state index in [1.807, 2.05) is 0 Å². The van der Waals surface area contributed by atoms with E-state index in [0.29, 0.717) is 6.34 Å². The van der Waals surface area contributed by atoms with Crippen molar-refractivity contribution in [3.05, 3.63) is 11.4 Å². The summed E-state index contributed by atoms with van der Waals surface area (Å²) in [6.07, 6.45) is 0.667. The molecule has 2 nitrogen and oxygen atoms in total. The third-order valence-electron chi connectivity index (χ3n) is 0.0645. The van der Waals surface area contributed by atoms with E-state index in [1.54, 1.807) is 0 Å². The van der Waals surface area contributed by atoms with Crippen LogP contribution in [0.5, 0.6) is 0 Å². The molecule has 0 atom stereocenters. The van der Waals surface area contributed by atoms with Crippen LogP contribution in [0.25, 0.3) is 4.85 Å². The van der Waals surface area contributed by atoms with Gasteiger partial charge in [0.25, 0.3) is 0 Å². The normalized spacial score (nSPS) is 3.75. The third-order valence-corrected chi connectivity index (χ3v) is 0.0645. The summed E-state index contributed by atoms with van der Waals surface area (Å²) in [4.78, 5) is 2.53. The van der Waals surface area contributed by atoms with Gasteiger partial charge in [-0.2, -0.15) is 5.41 Å². The fraction of sp³-hybridized carbons (Fsp3) is 0. The average Bonchev–Trinajstić information content (AvgIpc) is 1.37. The Bertz CT molecular complexity index is 49.5. The predicted molar refractivity (Wildman–Crippen MR) is 15.4 cm³/mol. The van der Waals surface area contributed by atoms with Crippen LogP contribution in [0.2, 0.25) is 0 Å². The van der Waals surface area contributed by atoms with Crippen LogP contribution in [0.3, 0.4) is 0 Å². The van der Waals surface area contributed by atoms with E-state index in [0.717, 1.165) is 0 Å². The summed E-state index contributed by atoms with van der Waals surface area (Å²) in [5.74, 6) is 0. The molecule has 0 aliphatic rings. The summed E-state index contributed by atoms with van der Waals surface area (Å²) >= 11 is 0. The molecule has 0 aromatic rings. The van der Waals surface area contributed by atoms with Gasteiger partial charge in [0.1, 0.15) is 0 Å². The molecule has 1 N–H and O–H groups in total. The summed E-state index contributed by atoms with van der Waals surface area (Å²) in [5, 5.41) is 5.97. The molecule has 0 saturated heterocycles. The van der Waals surface area contributed by atoms with Crippen LogP contribution in [0.4, 0.5) is 0 Å². The van der Waals surface area contributed by atoms with Gasteiger partial charge < -0.3 is 4.85 Å². The van der Waals surface area contributed by atoms with Crippen molar-refractivity contribution >= 4 is 6.34 Å². The van der Waals surface area contributed by atoms with Crippen molar-refractivity contribution < 1.29 is 0 Å². The van der Waals surface area contributed by atoms with E-state index < -0.39 is 0 Å². The summed E-state index contributed by atoms with van der Waals surface area (Å²) in [6.45, 7) is 5.83. The smallest absolute Gasteiger partial charge is 0.226 e. The monoisotopic (exact) mass is 54.0 g/mol. The summed E-state index contributed by atoms with van der Waals surface area (Å²) in [6, 6.07) is 0. The topological polar surface area (TPSA) is 28.2 Å². The van der Waals surface area contributed by atoms with Crippen LogP contribution >= 0.6 is 0 Å². The minimum absolute atomic E-state index is 0.667. The first kappa shape index (κ1) is 3.16. The third kappa shape index (κ3) is 1.16. The minimum atomic E-state index is 0.667. The molecule has 0 bridgehead atoms. The number of hydrogen-bond acceptors (Lipinski definition) is 1. The van der Waals surface area contributed by atoms with Crippen molar-refractivity contribution in [2.24, 2.45) is 0 Å². The Morgan fingerprint density at radius 1 is 2.00 bits per heavy atom. The molecular formula is C2H2N2. The maximum atomic E-state index is 5.97. The van der Waals surface area contributed by atoms with E-state index in [1.165, 1.54) is 0 Å². The summed E-state index contributed by atoms with van der Waals surface area (Å²) < 4.78 is 0. The zero-order chi connectivity index (χ0) is 3.41. The first-order valence-corrected chi connectivity index (χ1v) is 0.770. The lowest BCUT2D eigenvalue weighted by molar-refractivity contribution is 1.58. The van der Waals surface area contributed by atoms with Crippen molar-refractivity contribution in [3.63, 3.8) is 0 Å². The number of nitrogens with one attached hydrogen (secondary N) is 1. The fourth-order valence-corrected chi connectivity index (χ4v) is 0. The van der Waals surface area contributed by atoms with E-state index in [-0.39, 0.29) is 0 Å². The van der Waals surface area contributed by atoms with Crippen LogP contribution < -0.4 is 0 Å². The standard InChI is InChI=1S/C2H2N2/c1-4-2-3/h2-3H. The van der Waals surface area contributed by atoms with Gasteiger partial charge in [-0.25, -0.2) is 0 Å². The molecule has 0 spiro atoms. The van der Waals surface area contributed by atoms with E-state index in [9.17, 15) is 0 Å². The number of hydrogen-bond donors (Lipinski definition) is 1. The van der Waals surface area contributed by atoms with Gasteiger partial charge in [0.15, 0.2) is 0 Å². The molecule has 0 unspecified atom stereocenters. The molecule has 4 heavy (non-hydrogen) atoms. The molecule has 0 aliphatic heterocycles. The molecule has 0 fully saturated rings. The lowest BCUT2D eigenvalue weighted by Crippen LogP contribution is -1.34. The first-order chi connectivity index (χ1) is 1.91. The van der Waals surface area contributed by atoms with Crippen molar-refractivity contribution in [2.45, 2.75) is 0 Å². The fourth-order valence-electron chi connectivity index (χ4n) is 0. The largest absolute Gasteiger partial charge is 0.368 e. The van der Waals surface area contributed by atoms with Gasteiger partial charge in [-0.05, 0) is 0 Å². The zero-order valence-corrected chi connectivity index (χ0v) is 2.02. The maximum absolute atomic E-state index is 5.97. The van der Waals surface area contributed by atoms with Crippen molar-refractivity contribution in [1.82, 2.24) is 0 Å². The highest BCUT2D eigenvalue weighted by Gasteiger charge is 1.28. The highest BCUT2D eigenvalue weighted by molar-refractivity contribution is 5.61. The Morgan fingerprint density at radius 3 is 2.25 bits per heavy atom. The minimum Gasteiger partial charge on any atom is -0.368 e. The van der Waals surface area contributed by atoms with Gasteiger partial charge in [0.05, 0.1) is 0 Å². The number of nitrogens with zero attached hydrogens (tertiary/aromatic N) is 1. The Kier molecular flexibility index (Phi) is 1.71. The average molecular weight is 54.1 g/mol. The molecular weight excluding hydrogens is 52.0 g/mol. The lowest BCUT2D eigenvalue weighted by atomic mass is 11.4. The molecule has 2 heteroatoms. The molecule has 20 valence electrons. The van der Waals surface area contributed by atoms with Crippen LogP contribution in [-0.4, -0.2) is 6.34 Å². The second kappa shape index (κ2) is 2.16. The Balaban J connectivity index is 2.92. The van der Waals surface area contributed by atoms with Gasteiger partial charge in [0.2, 0.25) is 6.34 Å². The van der Waals surface area contributed by atoms with Gasteiger partial charge in [-0.15, -0.1) is 0 Å². The molecule has 0 heterocycles. The van der Waals surface area contributed by atoms with Crippen LogP contribution in [-0.2, 0) is 0 Å². The van der Waals surface area contributed by atoms with Crippen LogP contribution in [0.1, 0.15) is 0 Å². The van der Waals surface area contributed by atoms with Crippen molar-refractivity contribution in [1.29, 1.82) is 5.41 Å². The van der Waals surface area contributed by atoms with Crippen molar-refractivity contribution in [3.8, 4) is 0 Å². The Morgan fingerprint density at radius 2 is 2.25 bits per heavy atom. The molecule has 0 radical (unpaired) electrons. The van der Waals surface area contributed by atoms with Gasteiger partial charge in [-0.1, -0.05) is 6.57 Å². The van der Waals surface area contributed by atoms with E-state index in [2.05, 4.69) is 4.85 Å². The molecule has 0 aliphatic carbocycles. The Hall–Kier alpha value is -0.840. The van der Waals surface area contributed by atoms with Gasteiger partial charge in [-0.3, -0.25) is 0 Å². The van der Waals surface area contributed by atoms with Gasteiger partial charge in [0, 0.05) is 0 Å². The maximum Gasteiger partial charge on any atom is 0.226 e. The molecule has 0 aromatic heterocycles. The molecule has 0 rings (SSSR count). The van der Waals surface area contributed by atoms with Gasteiger partial charge >= 0.3 is 0 Å². The highest BCUT2D eigenvalue weighted by Crippen LogP contribution is 1.36. The summed E-state index contributed by atoms with van der Waals surface area (Å²) in [5.41, 5.74) is 0. The molecule has 0 saturated carbocycles. The second-order valence-corrected chi connectivity index (χ2v) is 0.258. The SMILES string of the molecule is [C-]#[N+]C=N. The molecule has 0 amide bonds. The Labute approximate surface area is 24.4 Å². The molecule has 0 aromatic carbocycles. The first-order valence-electron chi connectivity index (χ1n) is 0.770. The van der Waals surface area contributed by atoms with Crippen LogP contribution in [0.15, 0.2) is 0 Å². The second-order valence-electron chi connectivity index (χ2n) is 0.258. The van der Waals surface area contributed by atoms with Crippen LogP contribution in [0, 0.1) is 12.0 Å².